The molecule has 9 heteroatoms. The molecule has 0 unspecified atom stereocenters. The first-order valence-corrected chi connectivity index (χ1v) is 18.3. The number of hydrogen-bond donors (Lipinski definition) is 1. The van der Waals surface area contributed by atoms with Gasteiger partial charge in [-0.15, -0.1) is 57.6 Å². The van der Waals surface area contributed by atoms with E-state index in [9.17, 15) is 23.1 Å². The summed E-state index contributed by atoms with van der Waals surface area (Å²) in [5.74, 6) is 0.660. The molecule has 0 atom stereocenters. The van der Waals surface area contributed by atoms with E-state index >= 15 is 0 Å². The Balaban J connectivity index is 0.000000310. The van der Waals surface area contributed by atoms with E-state index in [1.165, 1.54) is 46.4 Å². The molecule has 7 aromatic rings. The summed E-state index contributed by atoms with van der Waals surface area (Å²) in [5.41, 5.74) is 2.93. The molecule has 0 bridgehead atoms. The maximum Gasteiger partial charge on any atom is 0.416 e. The van der Waals surface area contributed by atoms with E-state index in [4.69, 9.17) is 4.98 Å². The second-order valence-corrected chi connectivity index (χ2v) is 17.8. The van der Waals surface area contributed by atoms with Crippen molar-refractivity contribution >= 4 is 79.6 Å². The Kier molecular flexibility index (Phi) is 10.6. The topological polar surface area (TPSA) is 50.2 Å². The van der Waals surface area contributed by atoms with Crippen LogP contribution in [-0.4, -0.2) is 15.9 Å². The fraction of sp³-hybridized carbons (Fsp3) is 0.333. The summed E-state index contributed by atoms with van der Waals surface area (Å²) in [6.07, 6.45) is -0.173. The van der Waals surface area contributed by atoms with Gasteiger partial charge in [-0.2, -0.15) is 13.2 Å². The van der Waals surface area contributed by atoms with E-state index in [1.807, 2.05) is 53.8 Å². The first kappa shape index (κ1) is 38.9. The number of benzene rings is 4. The number of aromatic nitrogens is 1. The van der Waals surface area contributed by atoms with Crippen LogP contribution in [0.3, 0.4) is 0 Å². The number of carbonyl (C=O) groups excluding carboxylic acids is 1. The second-order valence-electron chi connectivity index (χ2n) is 15.6. The number of hydrogen-bond acceptors (Lipinski definition) is 5. The van der Waals surface area contributed by atoms with Gasteiger partial charge in [-0.05, 0) is 58.5 Å². The van der Waals surface area contributed by atoms with Crippen molar-refractivity contribution in [2.24, 2.45) is 16.7 Å². The van der Waals surface area contributed by atoms with Crippen LogP contribution < -0.4 is 0 Å². The molecular weight excluding hydrogens is 864 g/mol. The van der Waals surface area contributed by atoms with Gasteiger partial charge in [0.2, 0.25) is 0 Å². The van der Waals surface area contributed by atoms with Crippen molar-refractivity contribution in [3.8, 4) is 11.3 Å². The minimum Gasteiger partial charge on any atom is -0.512 e. The van der Waals surface area contributed by atoms with Crippen LogP contribution in [0.4, 0.5) is 13.2 Å². The summed E-state index contributed by atoms with van der Waals surface area (Å²) in [6, 6.07) is 18.9. The van der Waals surface area contributed by atoms with Crippen LogP contribution in [0.15, 0.2) is 66.6 Å². The van der Waals surface area contributed by atoms with Crippen molar-refractivity contribution in [2.45, 2.75) is 74.9 Å². The van der Waals surface area contributed by atoms with Crippen molar-refractivity contribution in [3.63, 3.8) is 0 Å². The van der Waals surface area contributed by atoms with Gasteiger partial charge in [0.05, 0.1) is 5.56 Å². The molecular formula is C42H41F3IrNO2S2-. The molecule has 4 aromatic carbocycles. The standard InChI is InChI=1S/C31H21F3NS2.C11H20O2.Ir/c1-15(2)8-17-9-16(3)10-18(11-17)29-21-4-5-22-23(20(21)6-7-35-29)14-26-28-27-24(36-26)12-19(31(32,33)34)13-25(27)37-30(22)28;1-10(2,3)8(12)7-9(13)11(4,5)6;/h4-7,9,11-15H,8H2,1-3H3;7,12H,1-6H3;/q-1;;/b;8-7-;. The average molecular weight is 905 g/mol. The molecule has 0 saturated heterocycles. The minimum atomic E-state index is -4.36. The van der Waals surface area contributed by atoms with Gasteiger partial charge in [-0.25, -0.2) is 0 Å². The normalized spacial score (nSPS) is 13.1. The Labute approximate surface area is 318 Å². The van der Waals surface area contributed by atoms with E-state index in [2.05, 4.69) is 57.2 Å². The van der Waals surface area contributed by atoms with Gasteiger partial charge < -0.3 is 10.1 Å². The third-order valence-corrected chi connectivity index (χ3v) is 11.0. The number of ketones is 1. The molecule has 0 fully saturated rings. The van der Waals surface area contributed by atoms with Crippen LogP contribution in [0.1, 0.15) is 72.1 Å². The predicted molar refractivity (Wildman–Crippen MR) is 206 cm³/mol. The molecule has 1 N–H and O–H groups in total. The number of pyridine rings is 1. The zero-order valence-corrected chi connectivity index (χ0v) is 34.2. The van der Waals surface area contributed by atoms with Crippen LogP contribution in [-0.2, 0) is 37.5 Å². The number of aliphatic hydroxyl groups is 1. The molecule has 51 heavy (non-hydrogen) atoms. The summed E-state index contributed by atoms with van der Waals surface area (Å²) in [5, 5.41) is 15.9. The van der Waals surface area contributed by atoms with Gasteiger partial charge in [-0.1, -0.05) is 74.4 Å². The molecule has 7 rings (SSSR count). The van der Waals surface area contributed by atoms with Crippen LogP contribution >= 0.6 is 22.7 Å². The quantitative estimate of drug-likeness (QED) is 0.0829. The zero-order valence-electron chi connectivity index (χ0n) is 30.1. The summed E-state index contributed by atoms with van der Waals surface area (Å²) in [6.45, 7) is 17.6. The van der Waals surface area contributed by atoms with Gasteiger partial charge in [0.25, 0.3) is 0 Å². The van der Waals surface area contributed by atoms with E-state index in [0.717, 1.165) is 65.0 Å². The molecule has 3 aromatic heterocycles. The Morgan fingerprint density at radius 1 is 0.843 bits per heavy atom. The maximum absolute atomic E-state index is 13.5. The Bertz CT molecular complexity index is 2440. The number of aliphatic hydroxyl groups excluding tert-OH is 1. The molecule has 0 aliphatic carbocycles. The summed E-state index contributed by atoms with van der Waals surface area (Å²) >= 11 is 2.91. The van der Waals surface area contributed by atoms with Crippen molar-refractivity contribution in [1.82, 2.24) is 4.98 Å². The third-order valence-electron chi connectivity index (χ3n) is 8.79. The number of carbonyl (C=O) groups is 1. The second kappa shape index (κ2) is 13.9. The average Bonchev–Trinajstić information content (AvgIpc) is 3.58. The summed E-state index contributed by atoms with van der Waals surface area (Å²) in [4.78, 5) is 16.3. The van der Waals surface area contributed by atoms with E-state index < -0.39 is 17.2 Å². The summed E-state index contributed by atoms with van der Waals surface area (Å²) in [7, 11) is 0. The number of fused-ring (bicyclic) bond motifs is 4. The molecule has 269 valence electrons. The molecule has 0 amide bonds. The van der Waals surface area contributed by atoms with Crippen molar-refractivity contribution in [1.29, 1.82) is 0 Å². The van der Waals surface area contributed by atoms with Crippen LogP contribution in [0.5, 0.6) is 0 Å². The van der Waals surface area contributed by atoms with Crippen LogP contribution in [0.2, 0.25) is 0 Å². The largest absolute Gasteiger partial charge is 0.512 e. The van der Waals surface area contributed by atoms with Crippen molar-refractivity contribution in [3.05, 3.63) is 89.3 Å². The van der Waals surface area contributed by atoms with E-state index in [-0.39, 0.29) is 37.1 Å². The van der Waals surface area contributed by atoms with Gasteiger partial charge in [-0.3, -0.25) is 4.79 Å². The van der Waals surface area contributed by atoms with Crippen molar-refractivity contribution in [2.75, 3.05) is 0 Å². The third kappa shape index (κ3) is 7.73. The first-order valence-electron chi connectivity index (χ1n) is 16.7. The van der Waals surface area contributed by atoms with Gasteiger partial charge in [0.15, 0.2) is 5.78 Å². The number of halogens is 3. The summed E-state index contributed by atoms with van der Waals surface area (Å²) < 4.78 is 44.0. The van der Waals surface area contributed by atoms with Gasteiger partial charge in [0.1, 0.15) is 5.76 Å². The number of thiophene rings is 2. The molecule has 0 saturated carbocycles. The number of rotatable bonds is 4. The molecule has 1 radical (unpaired) electrons. The van der Waals surface area contributed by atoms with Crippen LogP contribution in [0.25, 0.3) is 62.4 Å². The Morgan fingerprint density at radius 2 is 1.47 bits per heavy atom. The smallest absolute Gasteiger partial charge is 0.416 e. The maximum atomic E-state index is 13.5. The number of aryl methyl sites for hydroxylation is 1. The van der Waals surface area contributed by atoms with Crippen LogP contribution in [0, 0.1) is 29.7 Å². The fourth-order valence-electron chi connectivity index (χ4n) is 6.17. The van der Waals surface area contributed by atoms with E-state index in [1.54, 1.807) is 0 Å². The Morgan fingerprint density at radius 3 is 2.08 bits per heavy atom. The molecule has 3 heterocycles. The van der Waals surface area contributed by atoms with E-state index in [0.29, 0.717) is 15.3 Å². The first-order chi connectivity index (χ1) is 23.2. The molecule has 0 aliphatic rings. The predicted octanol–water partition coefficient (Wildman–Crippen LogP) is 13.5. The molecule has 3 nitrogen and oxygen atoms in total. The fourth-order valence-corrected chi connectivity index (χ4v) is 8.84. The molecule has 0 spiro atoms. The monoisotopic (exact) mass is 905 g/mol. The van der Waals surface area contributed by atoms with Crippen molar-refractivity contribution < 1.29 is 43.2 Å². The Hall–Kier alpha value is -3.36. The SMILES string of the molecule is CC(C)(C)C(=O)/C=C(\O)C(C)(C)C.Cc1[c-]c(-c2nccc3c2ccc2c3cc3sc4cc(C(F)(F)F)cc5sc2c3c45)cc(CC(C)C)c1.[Ir]. The molecule has 0 aliphatic heterocycles. The van der Waals surface area contributed by atoms with Gasteiger partial charge >= 0.3 is 6.18 Å². The number of alkyl halides is 3. The zero-order chi connectivity index (χ0) is 36.5. The number of nitrogens with zero attached hydrogens (tertiary/aromatic N) is 1. The number of allylic oxidation sites excluding steroid dienone is 2. The minimum absolute atomic E-state index is 0. The van der Waals surface area contributed by atoms with Gasteiger partial charge in [0, 0.05) is 78.2 Å².